The van der Waals surface area contributed by atoms with Crippen molar-refractivity contribution < 1.29 is 14.5 Å². The van der Waals surface area contributed by atoms with Crippen molar-refractivity contribution in [1.82, 2.24) is 0 Å². The molecule has 0 aromatic heterocycles. The lowest BCUT2D eigenvalue weighted by atomic mass is 10.2. The summed E-state index contributed by atoms with van der Waals surface area (Å²) >= 11 is 0. The van der Waals surface area contributed by atoms with E-state index in [-0.39, 0.29) is 12.3 Å². The lowest BCUT2D eigenvalue weighted by Crippen LogP contribution is -2.10. The number of hydrogen-bond acceptors (Lipinski definition) is 5. The van der Waals surface area contributed by atoms with Gasteiger partial charge in [0.1, 0.15) is 6.61 Å². The van der Waals surface area contributed by atoms with E-state index in [0.717, 1.165) is 5.69 Å². The Balaban J connectivity index is 2.05. The molecule has 0 spiro atoms. The minimum Gasteiger partial charge on any atom is -0.457 e. The quantitative estimate of drug-likeness (QED) is 0.482. The Morgan fingerprint density at radius 1 is 1.14 bits per heavy atom. The van der Waals surface area contributed by atoms with Crippen LogP contribution in [-0.2, 0) is 11.3 Å². The first kappa shape index (κ1) is 15.5. The van der Waals surface area contributed by atoms with E-state index in [2.05, 4.69) is 0 Å². The van der Waals surface area contributed by atoms with Crippen LogP contribution in [0.5, 0.6) is 0 Å². The average Bonchev–Trinajstić information content (AvgIpc) is 2.52. The largest absolute Gasteiger partial charge is 0.457 e. The predicted octanol–water partition coefficient (Wildman–Crippen LogP) is 3.02. The van der Waals surface area contributed by atoms with E-state index in [1.165, 1.54) is 6.07 Å². The zero-order chi connectivity index (χ0) is 16.1. The van der Waals surface area contributed by atoms with Crippen LogP contribution in [0.4, 0.5) is 11.4 Å². The summed E-state index contributed by atoms with van der Waals surface area (Å²) in [5.74, 6) is -0.511. The van der Waals surface area contributed by atoms with Gasteiger partial charge in [-0.15, -0.1) is 0 Å². The fraction of sp³-hybridized carbons (Fsp3) is 0.188. The molecule has 0 N–H and O–H groups in total. The van der Waals surface area contributed by atoms with Gasteiger partial charge in [0.25, 0.3) is 5.69 Å². The summed E-state index contributed by atoms with van der Waals surface area (Å²) in [6, 6.07) is 13.1. The molecule has 0 aliphatic carbocycles. The molecule has 114 valence electrons. The topological polar surface area (TPSA) is 72.7 Å². The van der Waals surface area contributed by atoms with Gasteiger partial charge in [-0.05, 0) is 30.3 Å². The second-order valence-corrected chi connectivity index (χ2v) is 4.90. The summed E-state index contributed by atoms with van der Waals surface area (Å²) in [5.41, 5.74) is 1.68. The van der Waals surface area contributed by atoms with Crippen molar-refractivity contribution in [2.24, 2.45) is 0 Å². The number of nitrogens with zero attached hydrogens (tertiary/aromatic N) is 2. The number of nitro benzene ring substituents is 1. The van der Waals surface area contributed by atoms with Crippen LogP contribution in [0.1, 0.15) is 15.9 Å². The highest BCUT2D eigenvalue weighted by Gasteiger charge is 2.15. The number of hydrogen-bond donors (Lipinski definition) is 0. The van der Waals surface area contributed by atoms with Gasteiger partial charge in [0, 0.05) is 25.8 Å². The SMILES string of the molecule is CN(C)c1ccc(C(=O)OCc2ccccc2[N+](=O)[O-])cc1. The van der Waals surface area contributed by atoms with Crippen molar-refractivity contribution in [3.8, 4) is 0 Å². The van der Waals surface area contributed by atoms with Crippen molar-refractivity contribution in [2.45, 2.75) is 6.61 Å². The third-order valence-electron chi connectivity index (χ3n) is 3.17. The number of esters is 1. The molecule has 0 heterocycles. The van der Waals surface area contributed by atoms with E-state index in [4.69, 9.17) is 4.74 Å². The van der Waals surface area contributed by atoms with Crippen molar-refractivity contribution >= 4 is 17.3 Å². The number of benzene rings is 2. The summed E-state index contributed by atoms with van der Waals surface area (Å²) in [4.78, 5) is 24.3. The first-order valence-electron chi connectivity index (χ1n) is 6.66. The first-order chi connectivity index (χ1) is 10.5. The Labute approximate surface area is 128 Å². The summed E-state index contributed by atoms with van der Waals surface area (Å²) in [6.07, 6.45) is 0. The number of carbonyl (C=O) groups excluding carboxylic acids is 1. The molecule has 22 heavy (non-hydrogen) atoms. The maximum absolute atomic E-state index is 12.0. The van der Waals surface area contributed by atoms with Crippen LogP contribution in [0.2, 0.25) is 0 Å². The van der Waals surface area contributed by atoms with Gasteiger partial charge in [-0.1, -0.05) is 12.1 Å². The molecule has 6 heteroatoms. The average molecular weight is 300 g/mol. The number of nitro groups is 1. The van der Waals surface area contributed by atoms with Crippen LogP contribution >= 0.6 is 0 Å². The van der Waals surface area contributed by atoms with Crippen molar-refractivity contribution in [1.29, 1.82) is 0 Å². The van der Waals surface area contributed by atoms with E-state index in [9.17, 15) is 14.9 Å². The van der Waals surface area contributed by atoms with Crippen LogP contribution in [0.15, 0.2) is 48.5 Å². The van der Waals surface area contributed by atoms with Gasteiger partial charge in [0.2, 0.25) is 0 Å². The van der Waals surface area contributed by atoms with Crippen molar-refractivity contribution in [2.75, 3.05) is 19.0 Å². The number of carbonyl (C=O) groups is 1. The third kappa shape index (κ3) is 3.60. The molecule has 0 fully saturated rings. The zero-order valence-electron chi connectivity index (χ0n) is 12.4. The lowest BCUT2D eigenvalue weighted by molar-refractivity contribution is -0.385. The summed E-state index contributed by atoms with van der Waals surface area (Å²) in [7, 11) is 3.81. The molecule has 0 aliphatic rings. The van der Waals surface area contributed by atoms with E-state index < -0.39 is 10.9 Å². The van der Waals surface area contributed by atoms with E-state index in [1.54, 1.807) is 30.3 Å². The number of para-hydroxylation sites is 1. The van der Waals surface area contributed by atoms with Gasteiger partial charge in [-0.3, -0.25) is 10.1 Å². The maximum Gasteiger partial charge on any atom is 0.338 e. The first-order valence-corrected chi connectivity index (χ1v) is 6.66. The van der Waals surface area contributed by atoms with E-state index in [1.807, 2.05) is 31.1 Å². The standard InChI is InChI=1S/C16H16N2O4/c1-17(2)14-9-7-12(8-10-14)16(19)22-11-13-5-3-4-6-15(13)18(20)21/h3-10H,11H2,1-2H3. The van der Waals surface area contributed by atoms with Crippen LogP contribution in [0.25, 0.3) is 0 Å². The van der Waals surface area contributed by atoms with Crippen LogP contribution in [0, 0.1) is 10.1 Å². The Kier molecular flexibility index (Phi) is 4.73. The van der Waals surface area contributed by atoms with Crippen molar-refractivity contribution in [3.63, 3.8) is 0 Å². The summed E-state index contributed by atoms with van der Waals surface area (Å²) < 4.78 is 5.15. The molecular formula is C16H16N2O4. The normalized spacial score (nSPS) is 10.1. The molecule has 0 atom stereocenters. The van der Waals surface area contributed by atoms with Crippen molar-refractivity contribution in [3.05, 3.63) is 69.8 Å². The van der Waals surface area contributed by atoms with Gasteiger partial charge in [0.05, 0.1) is 16.1 Å². The molecule has 0 aliphatic heterocycles. The van der Waals surface area contributed by atoms with Crippen LogP contribution in [0.3, 0.4) is 0 Å². The monoisotopic (exact) mass is 300 g/mol. The third-order valence-corrected chi connectivity index (χ3v) is 3.17. The zero-order valence-corrected chi connectivity index (χ0v) is 12.4. The van der Waals surface area contributed by atoms with E-state index in [0.29, 0.717) is 11.1 Å². The summed E-state index contributed by atoms with van der Waals surface area (Å²) in [6.45, 7) is -0.134. The number of ether oxygens (including phenoxy) is 1. The minimum absolute atomic E-state index is 0.0572. The molecule has 0 unspecified atom stereocenters. The molecule has 0 amide bonds. The fourth-order valence-electron chi connectivity index (χ4n) is 1.93. The second kappa shape index (κ2) is 6.71. The molecule has 2 aromatic rings. The second-order valence-electron chi connectivity index (χ2n) is 4.90. The van der Waals surface area contributed by atoms with Crippen LogP contribution in [-0.4, -0.2) is 25.0 Å². The molecule has 0 saturated heterocycles. The molecule has 2 rings (SSSR count). The van der Waals surface area contributed by atoms with E-state index >= 15 is 0 Å². The fourth-order valence-corrected chi connectivity index (χ4v) is 1.93. The molecule has 6 nitrogen and oxygen atoms in total. The number of anilines is 1. The molecule has 2 aromatic carbocycles. The Morgan fingerprint density at radius 2 is 1.77 bits per heavy atom. The van der Waals surface area contributed by atoms with Gasteiger partial charge >= 0.3 is 5.97 Å². The molecular weight excluding hydrogens is 284 g/mol. The predicted molar refractivity (Wildman–Crippen MR) is 83.0 cm³/mol. The molecule has 0 radical (unpaired) electrons. The Morgan fingerprint density at radius 3 is 2.36 bits per heavy atom. The summed E-state index contributed by atoms with van der Waals surface area (Å²) in [5, 5.41) is 10.9. The van der Waals surface area contributed by atoms with Gasteiger partial charge in [-0.2, -0.15) is 0 Å². The highest BCUT2D eigenvalue weighted by Crippen LogP contribution is 2.19. The lowest BCUT2D eigenvalue weighted by Gasteiger charge is -2.12. The highest BCUT2D eigenvalue weighted by atomic mass is 16.6. The minimum atomic E-state index is -0.511. The molecule has 0 bridgehead atoms. The van der Waals surface area contributed by atoms with Gasteiger partial charge < -0.3 is 9.64 Å². The van der Waals surface area contributed by atoms with Gasteiger partial charge in [-0.25, -0.2) is 4.79 Å². The maximum atomic E-state index is 12.0. The smallest absolute Gasteiger partial charge is 0.338 e. The van der Waals surface area contributed by atoms with Gasteiger partial charge in [0.15, 0.2) is 0 Å². The Bertz CT molecular complexity index is 681. The van der Waals surface area contributed by atoms with Crippen LogP contribution < -0.4 is 4.90 Å². The Hall–Kier alpha value is -2.89. The number of rotatable bonds is 5. The molecule has 0 saturated carbocycles. The highest BCUT2D eigenvalue weighted by molar-refractivity contribution is 5.89.